The molecule has 1 aliphatic heterocycles. The van der Waals surface area contributed by atoms with Crippen molar-refractivity contribution in [2.75, 3.05) is 27.2 Å². The maximum atomic E-state index is 11.8. The van der Waals surface area contributed by atoms with Crippen LogP contribution in [-0.2, 0) is 16.1 Å². The van der Waals surface area contributed by atoms with E-state index in [4.69, 9.17) is 4.84 Å². The van der Waals surface area contributed by atoms with Gasteiger partial charge in [-0.3, -0.25) is 14.5 Å². The highest BCUT2D eigenvalue weighted by Crippen LogP contribution is 2.29. The number of nitrogens with zero attached hydrogens (tertiary/aromatic N) is 2. The van der Waals surface area contributed by atoms with E-state index in [1.54, 1.807) is 12.6 Å². The Hall–Kier alpha value is -1.65. The Kier molecular flexibility index (Phi) is 5.69. The second-order valence-corrected chi connectivity index (χ2v) is 6.92. The molecule has 1 amide bonds. The van der Waals surface area contributed by atoms with Gasteiger partial charge in [-0.2, -0.15) is 0 Å². The molecule has 0 bridgehead atoms. The van der Waals surface area contributed by atoms with Crippen molar-refractivity contribution >= 4 is 12.0 Å². The van der Waals surface area contributed by atoms with Gasteiger partial charge < -0.3 is 0 Å². The molecule has 1 aromatic rings. The number of likely N-dealkylation sites (tertiary alicyclic amines) is 1. The molecular weight excluding hydrogens is 300 g/mol. The van der Waals surface area contributed by atoms with Crippen LogP contribution in [-0.4, -0.2) is 49.2 Å². The van der Waals surface area contributed by atoms with Gasteiger partial charge in [0.1, 0.15) is 0 Å². The van der Waals surface area contributed by atoms with Crippen LogP contribution in [0, 0.1) is 0 Å². The maximum Gasteiger partial charge on any atom is 0.250 e. The monoisotopic (exact) mass is 328 g/mol. The quantitative estimate of drug-likeness (QED) is 0.778. The Balaban J connectivity index is 1.53. The third-order valence-corrected chi connectivity index (χ3v) is 5.36. The number of likely N-dealkylation sites (N-methyl/N-ethyl adjacent to an activating group) is 1. The summed E-state index contributed by atoms with van der Waals surface area (Å²) in [6.45, 7) is 2.43. The minimum absolute atomic E-state index is 0.0352. The smallest absolute Gasteiger partial charge is 0.250 e. The highest BCUT2D eigenvalue weighted by Gasteiger charge is 2.26. The largest absolute Gasteiger partial charge is 0.300 e. The van der Waals surface area contributed by atoms with Gasteiger partial charge in [-0.25, -0.2) is 5.06 Å². The first-order valence-corrected chi connectivity index (χ1v) is 8.99. The van der Waals surface area contributed by atoms with Gasteiger partial charge in [0, 0.05) is 26.2 Å². The van der Waals surface area contributed by atoms with E-state index in [1.165, 1.54) is 62.9 Å². The standard InChI is InChI=1S/C20H28N2O2/c1-21(24-2)20(23)15-17-8-6-16(7-9-17)14-18-10-12-22(13-11-18)19-4-3-5-19/h6-9,14,19H,3-5,10-13,15H2,1-2H3. The number of carbonyl (C=O) groups is 1. The number of benzene rings is 1. The molecule has 1 aliphatic carbocycles. The summed E-state index contributed by atoms with van der Waals surface area (Å²) in [5.41, 5.74) is 3.80. The normalized spacial score (nSPS) is 19.0. The van der Waals surface area contributed by atoms with E-state index >= 15 is 0 Å². The van der Waals surface area contributed by atoms with E-state index in [-0.39, 0.29) is 5.91 Å². The second kappa shape index (κ2) is 7.95. The lowest BCUT2D eigenvalue weighted by molar-refractivity contribution is -0.167. The van der Waals surface area contributed by atoms with Crippen molar-refractivity contribution in [2.45, 2.75) is 44.6 Å². The van der Waals surface area contributed by atoms with Crippen molar-refractivity contribution in [3.05, 3.63) is 41.0 Å². The van der Waals surface area contributed by atoms with Crippen molar-refractivity contribution in [3.63, 3.8) is 0 Å². The lowest BCUT2D eigenvalue weighted by Gasteiger charge is -2.40. The van der Waals surface area contributed by atoms with Crippen LogP contribution in [0.4, 0.5) is 0 Å². The molecule has 1 heterocycles. The maximum absolute atomic E-state index is 11.8. The van der Waals surface area contributed by atoms with Crippen LogP contribution < -0.4 is 0 Å². The molecule has 0 atom stereocenters. The minimum Gasteiger partial charge on any atom is -0.300 e. The van der Waals surface area contributed by atoms with Gasteiger partial charge in [0.2, 0.25) is 5.91 Å². The van der Waals surface area contributed by atoms with Crippen LogP contribution in [0.1, 0.15) is 43.2 Å². The van der Waals surface area contributed by atoms with Crippen LogP contribution in [0.2, 0.25) is 0 Å². The van der Waals surface area contributed by atoms with Crippen molar-refractivity contribution in [1.82, 2.24) is 9.96 Å². The van der Waals surface area contributed by atoms with Crippen LogP contribution in [0.3, 0.4) is 0 Å². The number of rotatable bonds is 5. The van der Waals surface area contributed by atoms with Gasteiger partial charge in [-0.05, 0) is 36.8 Å². The zero-order valence-corrected chi connectivity index (χ0v) is 14.8. The summed E-state index contributed by atoms with van der Waals surface area (Å²) in [6, 6.07) is 9.17. The molecule has 0 radical (unpaired) electrons. The SMILES string of the molecule is CON(C)C(=O)Cc1ccc(C=C2CCN(C3CCC3)CC2)cc1. The fourth-order valence-corrected chi connectivity index (χ4v) is 3.43. The fourth-order valence-electron chi connectivity index (χ4n) is 3.43. The zero-order valence-electron chi connectivity index (χ0n) is 14.8. The van der Waals surface area contributed by atoms with Gasteiger partial charge in [-0.15, -0.1) is 0 Å². The minimum atomic E-state index is -0.0352. The van der Waals surface area contributed by atoms with Gasteiger partial charge in [0.15, 0.2) is 0 Å². The first-order chi connectivity index (χ1) is 11.7. The van der Waals surface area contributed by atoms with E-state index in [1.807, 2.05) is 12.1 Å². The van der Waals surface area contributed by atoms with Gasteiger partial charge >= 0.3 is 0 Å². The molecule has 24 heavy (non-hydrogen) atoms. The summed E-state index contributed by atoms with van der Waals surface area (Å²) in [7, 11) is 3.14. The fraction of sp³-hybridized carbons (Fsp3) is 0.550. The summed E-state index contributed by atoms with van der Waals surface area (Å²) in [5.74, 6) is -0.0352. The summed E-state index contributed by atoms with van der Waals surface area (Å²) >= 11 is 0. The first kappa shape index (κ1) is 17.2. The van der Waals surface area contributed by atoms with E-state index in [2.05, 4.69) is 23.1 Å². The van der Waals surface area contributed by atoms with Crippen LogP contribution >= 0.6 is 0 Å². The lowest BCUT2D eigenvalue weighted by Crippen LogP contribution is -2.43. The molecule has 4 nitrogen and oxygen atoms in total. The van der Waals surface area contributed by atoms with E-state index < -0.39 is 0 Å². The topological polar surface area (TPSA) is 32.8 Å². The average Bonchev–Trinajstić information content (AvgIpc) is 2.56. The Labute approximate surface area is 145 Å². The molecule has 130 valence electrons. The molecule has 1 saturated carbocycles. The molecule has 0 spiro atoms. The molecular formula is C20H28N2O2. The molecule has 0 N–H and O–H groups in total. The van der Waals surface area contributed by atoms with Gasteiger partial charge in [-0.1, -0.05) is 42.3 Å². The molecule has 1 aromatic carbocycles. The van der Waals surface area contributed by atoms with Gasteiger partial charge in [0.05, 0.1) is 13.5 Å². The van der Waals surface area contributed by atoms with Crippen LogP contribution in [0.5, 0.6) is 0 Å². The molecule has 2 aliphatic rings. The van der Waals surface area contributed by atoms with Crippen molar-refractivity contribution in [2.24, 2.45) is 0 Å². The number of hydroxylamine groups is 2. The molecule has 0 unspecified atom stereocenters. The Morgan fingerprint density at radius 1 is 1.25 bits per heavy atom. The molecule has 0 aromatic heterocycles. The zero-order chi connectivity index (χ0) is 16.9. The molecule has 1 saturated heterocycles. The molecule has 4 heteroatoms. The lowest BCUT2D eigenvalue weighted by atomic mass is 9.89. The number of hydrogen-bond donors (Lipinski definition) is 0. The summed E-state index contributed by atoms with van der Waals surface area (Å²) in [6.07, 6.45) is 9.29. The predicted molar refractivity (Wildman–Crippen MR) is 96.3 cm³/mol. The highest BCUT2D eigenvalue weighted by atomic mass is 16.7. The van der Waals surface area contributed by atoms with Gasteiger partial charge in [0.25, 0.3) is 0 Å². The Bertz CT molecular complexity index is 580. The average molecular weight is 328 g/mol. The number of amides is 1. The van der Waals surface area contributed by atoms with Crippen molar-refractivity contribution in [3.8, 4) is 0 Å². The first-order valence-electron chi connectivity index (χ1n) is 8.99. The van der Waals surface area contributed by atoms with Crippen molar-refractivity contribution < 1.29 is 9.63 Å². The predicted octanol–water partition coefficient (Wildman–Crippen LogP) is 3.28. The van der Waals surface area contributed by atoms with Crippen molar-refractivity contribution in [1.29, 1.82) is 0 Å². The van der Waals surface area contributed by atoms with E-state index in [0.29, 0.717) is 6.42 Å². The number of hydrogen-bond acceptors (Lipinski definition) is 3. The number of piperidine rings is 1. The second-order valence-electron chi connectivity index (χ2n) is 6.92. The van der Waals surface area contributed by atoms with Crippen LogP contribution in [0.25, 0.3) is 6.08 Å². The third kappa shape index (κ3) is 4.25. The third-order valence-electron chi connectivity index (χ3n) is 5.36. The summed E-state index contributed by atoms with van der Waals surface area (Å²) < 4.78 is 0. The van der Waals surface area contributed by atoms with E-state index in [0.717, 1.165) is 11.6 Å². The Morgan fingerprint density at radius 3 is 2.46 bits per heavy atom. The summed E-state index contributed by atoms with van der Waals surface area (Å²) in [5, 5.41) is 1.27. The highest BCUT2D eigenvalue weighted by molar-refractivity contribution is 5.77. The number of carbonyl (C=O) groups excluding carboxylic acids is 1. The summed E-state index contributed by atoms with van der Waals surface area (Å²) in [4.78, 5) is 19.4. The molecule has 3 rings (SSSR count). The Morgan fingerprint density at radius 2 is 1.92 bits per heavy atom. The van der Waals surface area contributed by atoms with Crippen LogP contribution in [0.15, 0.2) is 29.8 Å². The van der Waals surface area contributed by atoms with E-state index in [9.17, 15) is 4.79 Å². The molecule has 2 fully saturated rings.